The van der Waals surface area contributed by atoms with E-state index in [1.807, 2.05) is 24.3 Å². The lowest BCUT2D eigenvalue weighted by atomic mass is 10.1. The second kappa shape index (κ2) is 9.71. The van der Waals surface area contributed by atoms with Crippen molar-refractivity contribution in [2.45, 2.75) is 30.8 Å². The Labute approximate surface area is 173 Å². The number of nitrogens with zero attached hydrogens (tertiary/aromatic N) is 2. The Morgan fingerprint density at radius 1 is 1.17 bits per heavy atom. The third-order valence-electron chi connectivity index (χ3n) is 4.60. The first-order valence-corrected chi connectivity index (χ1v) is 10.3. The lowest BCUT2D eigenvalue weighted by Gasteiger charge is -2.14. The van der Waals surface area contributed by atoms with Crippen molar-refractivity contribution in [3.63, 3.8) is 0 Å². The van der Waals surface area contributed by atoms with E-state index in [2.05, 4.69) is 0 Å². The molecule has 0 spiro atoms. The number of fused-ring (bicyclic) bond motifs is 1. The van der Waals surface area contributed by atoms with Crippen molar-refractivity contribution in [1.82, 2.24) is 9.55 Å². The van der Waals surface area contributed by atoms with Crippen LogP contribution in [0.15, 0.2) is 52.4 Å². The number of thioether (sulfide) groups is 1. The molecular formula is C22H24N2O4S. The molecule has 0 aliphatic carbocycles. The van der Waals surface area contributed by atoms with Gasteiger partial charge in [-0.25, -0.2) is 4.98 Å². The van der Waals surface area contributed by atoms with Gasteiger partial charge >= 0.3 is 0 Å². The van der Waals surface area contributed by atoms with E-state index in [9.17, 15) is 9.59 Å². The van der Waals surface area contributed by atoms with Gasteiger partial charge in [0.05, 0.1) is 18.0 Å². The van der Waals surface area contributed by atoms with Gasteiger partial charge in [0.2, 0.25) is 0 Å². The summed E-state index contributed by atoms with van der Waals surface area (Å²) in [6.45, 7) is 2.63. The average Bonchev–Trinajstić information content (AvgIpc) is 2.73. The summed E-state index contributed by atoms with van der Waals surface area (Å²) < 4.78 is 12.3. The normalized spacial score (nSPS) is 11.0. The minimum atomic E-state index is -0.0568. The fourth-order valence-corrected chi connectivity index (χ4v) is 4.08. The summed E-state index contributed by atoms with van der Waals surface area (Å²) in [5.41, 5.74) is 2.13. The molecule has 0 amide bonds. The number of ketones is 1. The summed E-state index contributed by atoms with van der Waals surface area (Å²) in [6.07, 6.45) is 0.715. The molecule has 3 aromatic rings. The fourth-order valence-electron chi connectivity index (χ4n) is 3.07. The Balaban J connectivity index is 1.97. The summed E-state index contributed by atoms with van der Waals surface area (Å²) in [4.78, 5) is 29.5. The largest absolute Gasteiger partial charge is 0.496 e. The SMILES string of the molecule is COCCCn1c(SCc2cc(C(C)=O)ccc2OC)nc2ccccc2c1=O. The molecule has 152 valence electrons. The first-order chi connectivity index (χ1) is 14.0. The van der Waals surface area contributed by atoms with Gasteiger partial charge in [-0.2, -0.15) is 0 Å². The molecular weight excluding hydrogens is 388 g/mol. The highest BCUT2D eigenvalue weighted by molar-refractivity contribution is 7.98. The molecule has 0 N–H and O–H groups in total. The van der Waals surface area contributed by atoms with Gasteiger partial charge in [0, 0.05) is 37.1 Å². The Morgan fingerprint density at radius 2 is 1.97 bits per heavy atom. The number of ether oxygens (including phenoxy) is 2. The van der Waals surface area contributed by atoms with Gasteiger partial charge < -0.3 is 9.47 Å². The third-order valence-corrected chi connectivity index (χ3v) is 5.63. The molecule has 0 bridgehead atoms. The van der Waals surface area contributed by atoms with Crippen LogP contribution in [-0.4, -0.2) is 36.2 Å². The van der Waals surface area contributed by atoms with Crippen LogP contribution in [-0.2, 0) is 17.0 Å². The van der Waals surface area contributed by atoms with Gasteiger partial charge in [-0.05, 0) is 43.7 Å². The number of methoxy groups -OCH3 is 2. The van der Waals surface area contributed by atoms with Crippen LogP contribution in [0, 0.1) is 0 Å². The van der Waals surface area contributed by atoms with E-state index in [-0.39, 0.29) is 11.3 Å². The summed E-state index contributed by atoms with van der Waals surface area (Å²) in [5.74, 6) is 1.23. The van der Waals surface area contributed by atoms with Gasteiger partial charge in [0.25, 0.3) is 5.56 Å². The number of para-hydroxylation sites is 1. The number of benzene rings is 2. The van der Waals surface area contributed by atoms with Gasteiger partial charge in [-0.15, -0.1) is 0 Å². The predicted molar refractivity (Wildman–Crippen MR) is 115 cm³/mol. The van der Waals surface area contributed by atoms with Crippen molar-refractivity contribution in [3.05, 3.63) is 63.9 Å². The monoisotopic (exact) mass is 412 g/mol. The van der Waals surface area contributed by atoms with Crippen LogP contribution in [0.25, 0.3) is 10.9 Å². The third kappa shape index (κ3) is 4.86. The van der Waals surface area contributed by atoms with Gasteiger partial charge in [-0.3, -0.25) is 14.2 Å². The first-order valence-electron chi connectivity index (χ1n) is 9.34. The van der Waals surface area contributed by atoms with Crippen molar-refractivity contribution in [3.8, 4) is 5.75 Å². The van der Waals surface area contributed by atoms with Gasteiger partial charge in [0.1, 0.15) is 5.75 Å². The van der Waals surface area contributed by atoms with Gasteiger partial charge in [0.15, 0.2) is 10.9 Å². The zero-order chi connectivity index (χ0) is 20.8. The molecule has 7 heteroatoms. The minimum absolute atomic E-state index is 0.000734. The number of hydrogen-bond acceptors (Lipinski definition) is 6. The summed E-state index contributed by atoms with van der Waals surface area (Å²) in [5, 5.41) is 1.24. The molecule has 0 radical (unpaired) electrons. The molecule has 1 aromatic heterocycles. The number of carbonyl (C=O) groups is 1. The van der Waals surface area contributed by atoms with E-state index in [0.29, 0.717) is 52.7 Å². The quantitative estimate of drug-likeness (QED) is 0.229. The van der Waals surface area contributed by atoms with Crippen molar-refractivity contribution in [1.29, 1.82) is 0 Å². The number of carbonyl (C=O) groups excluding carboxylic acids is 1. The van der Waals surface area contributed by atoms with Crippen LogP contribution in [0.4, 0.5) is 0 Å². The summed E-state index contributed by atoms with van der Waals surface area (Å²) in [7, 11) is 3.25. The van der Waals surface area contributed by atoms with Crippen LogP contribution in [0.5, 0.6) is 5.75 Å². The molecule has 3 rings (SSSR count). The van der Waals surface area contributed by atoms with E-state index in [0.717, 1.165) is 5.56 Å². The maximum absolute atomic E-state index is 13.0. The fraction of sp³-hybridized carbons (Fsp3) is 0.318. The molecule has 0 atom stereocenters. The summed E-state index contributed by atoms with van der Waals surface area (Å²) in [6, 6.07) is 12.7. The highest BCUT2D eigenvalue weighted by Gasteiger charge is 2.14. The number of hydrogen-bond donors (Lipinski definition) is 0. The number of rotatable bonds is 9. The minimum Gasteiger partial charge on any atom is -0.496 e. The maximum Gasteiger partial charge on any atom is 0.262 e. The van der Waals surface area contributed by atoms with E-state index >= 15 is 0 Å². The zero-order valence-corrected chi connectivity index (χ0v) is 17.6. The Kier molecular flexibility index (Phi) is 7.06. The van der Waals surface area contributed by atoms with Crippen molar-refractivity contribution >= 4 is 28.4 Å². The van der Waals surface area contributed by atoms with Gasteiger partial charge in [-0.1, -0.05) is 23.9 Å². The smallest absolute Gasteiger partial charge is 0.262 e. The highest BCUT2D eigenvalue weighted by atomic mass is 32.2. The Morgan fingerprint density at radius 3 is 2.69 bits per heavy atom. The van der Waals surface area contributed by atoms with E-state index < -0.39 is 0 Å². The van der Waals surface area contributed by atoms with E-state index in [1.54, 1.807) is 37.0 Å². The van der Waals surface area contributed by atoms with Crippen LogP contribution < -0.4 is 10.3 Å². The molecule has 1 heterocycles. The molecule has 0 saturated carbocycles. The molecule has 0 aliphatic rings. The molecule has 6 nitrogen and oxygen atoms in total. The lowest BCUT2D eigenvalue weighted by molar-refractivity contribution is 0.101. The molecule has 0 saturated heterocycles. The number of Topliss-reactive ketones (excluding diaryl/α,β-unsaturated/α-hetero) is 1. The molecule has 29 heavy (non-hydrogen) atoms. The standard InChI is InChI=1S/C22H24N2O4S/c1-15(25)16-9-10-20(28-3)17(13-16)14-29-22-23-19-8-5-4-7-18(19)21(26)24(22)11-6-12-27-2/h4-5,7-10,13H,6,11-12,14H2,1-3H3. The molecule has 2 aromatic carbocycles. The van der Waals surface area contributed by atoms with Crippen molar-refractivity contribution in [2.75, 3.05) is 20.8 Å². The second-order valence-corrected chi connectivity index (χ2v) is 7.53. The predicted octanol–water partition coefficient (Wildman–Crippen LogP) is 3.94. The number of aromatic nitrogens is 2. The van der Waals surface area contributed by atoms with Crippen LogP contribution in [0.1, 0.15) is 29.3 Å². The second-order valence-electron chi connectivity index (χ2n) is 6.59. The van der Waals surface area contributed by atoms with Crippen LogP contribution in [0.2, 0.25) is 0 Å². The zero-order valence-electron chi connectivity index (χ0n) is 16.8. The highest BCUT2D eigenvalue weighted by Crippen LogP contribution is 2.28. The maximum atomic E-state index is 13.0. The van der Waals surface area contributed by atoms with Crippen LogP contribution >= 0.6 is 11.8 Å². The van der Waals surface area contributed by atoms with Crippen LogP contribution in [0.3, 0.4) is 0 Å². The topological polar surface area (TPSA) is 70.4 Å². The average molecular weight is 413 g/mol. The Hall–Kier alpha value is -2.64. The summed E-state index contributed by atoms with van der Waals surface area (Å²) >= 11 is 1.46. The van der Waals surface area contributed by atoms with E-state index in [1.165, 1.54) is 18.7 Å². The molecule has 0 unspecified atom stereocenters. The van der Waals surface area contributed by atoms with Crippen molar-refractivity contribution in [2.24, 2.45) is 0 Å². The molecule has 0 fully saturated rings. The van der Waals surface area contributed by atoms with Crippen molar-refractivity contribution < 1.29 is 14.3 Å². The lowest BCUT2D eigenvalue weighted by Crippen LogP contribution is -2.24. The van der Waals surface area contributed by atoms with E-state index in [4.69, 9.17) is 14.5 Å². The Bertz CT molecular complexity index is 1080. The molecule has 0 aliphatic heterocycles. The first kappa shape index (κ1) is 21.1.